The van der Waals surface area contributed by atoms with E-state index in [-0.39, 0.29) is 6.42 Å². The molecule has 0 radical (unpaired) electrons. The first kappa shape index (κ1) is 13.9. The average molecular weight is 277 g/mol. The molecule has 2 rings (SSSR count). The molecule has 1 aliphatic rings. The number of alkyl halides is 3. The van der Waals surface area contributed by atoms with E-state index in [9.17, 15) is 13.2 Å². The number of hydrogen-bond donors (Lipinski definition) is 1. The second-order valence-electron chi connectivity index (χ2n) is 5.00. The van der Waals surface area contributed by atoms with Crippen molar-refractivity contribution in [3.63, 3.8) is 0 Å². The monoisotopic (exact) mass is 277 g/mol. The van der Waals surface area contributed by atoms with Crippen molar-refractivity contribution in [2.24, 2.45) is 5.92 Å². The summed E-state index contributed by atoms with van der Waals surface area (Å²) < 4.78 is 38.7. The normalized spacial score (nSPS) is 25.3. The van der Waals surface area contributed by atoms with Gasteiger partial charge in [-0.3, -0.25) is 0 Å². The summed E-state index contributed by atoms with van der Waals surface area (Å²) in [6, 6.07) is -0.418. The van der Waals surface area contributed by atoms with Crippen molar-refractivity contribution < 1.29 is 13.2 Å². The summed E-state index contributed by atoms with van der Waals surface area (Å²) in [5, 5.41) is 7.14. The van der Waals surface area contributed by atoms with Crippen molar-refractivity contribution in [2.45, 2.75) is 51.4 Å². The summed E-state index contributed by atoms with van der Waals surface area (Å²) in [7, 11) is 0. The summed E-state index contributed by atoms with van der Waals surface area (Å²) in [6.45, 7) is 2.54. The van der Waals surface area contributed by atoms with Gasteiger partial charge in [0.05, 0.1) is 5.92 Å². The molecule has 2 unspecified atom stereocenters. The zero-order chi connectivity index (χ0) is 13.2. The van der Waals surface area contributed by atoms with E-state index in [2.05, 4.69) is 5.32 Å². The summed E-state index contributed by atoms with van der Waals surface area (Å²) in [4.78, 5) is 0. The zero-order valence-corrected chi connectivity index (χ0v) is 11.2. The maximum atomic E-state index is 12.9. The van der Waals surface area contributed by atoms with E-state index < -0.39 is 18.1 Å². The number of halogens is 3. The highest BCUT2D eigenvalue weighted by Gasteiger charge is 2.45. The van der Waals surface area contributed by atoms with Gasteiger partial charge >= 0.3 is 6.18 Å². The molecule has 0 spiro atoms. The summed E-state index contributed by atoms with van der Waals surface area (Å²) in [5.41, 5.74) is 2.28. The van der Waals surface area contributed by atoms with Crippen LogP contribution in [-0.2, 0) is 6.54 Å². The van der Waals surface area contributed by atoms with Crippen LogP contribution in [0.1, 0.15) is 36.8 Å². The lowest BCUT2D eigenvalue weighted by molar-refractivity contribution is -0.189. The first-order valence-electron chi connectivity index (χ1n) is 6.30. The number of aryl methyl sites for hydroxylation is 1. The fourth-order valence-electron chi connectivity index (χ4n) is 2.58. The molecular weight excluding hydrogens is 259 g/mol. The van der Waals surface area contributed by atoms with Crippen LogP contribution in [0.15, 0.2) is 10.8 Å². The Bertz CT molecular complexity index is 386. The molecule has 1 saturated carbocycles. The minimum atomic E-state index is -4.07. The molecule has 1 nitrogen and oxygen atoms in total. The van der Waals surface area contributed by atoms with Crippen LogP contribution in [0.25, 0.3) is 0 Å². The Morgan fingerprint density at radius 1 is 1.28 bits per heavy atom. The molecule has 1 fully saturated rings. The van der Waals surface area contributed by atoms with Crippen molar-refractivity contribution in [3.05, 3.63) is 21.9 Å². The largest absolute Gasteiger partial charge is 0.393 e. The fourth-order valence-corrected chi connectivity index (χ4v) is 3.43. The SMILES string of the molecule is Cc1cscc1CNC1CCCCC1C(F)(F)F. The van der Waals surface area contributed by atoms with Crippen molar-refractivity contribution in [1.29, 1.82) is 0 Å². The molecule has 102 valence electrons. The van der Waals surface area contributed by atoms with Gasteiger partial charge < -0.3 is 5.32 Å². The number of thiophene rings is 1. The third-order valence-electron chi connectivity index (χ3n) is 3.70. The first-order chi connectivity index (χ1) is 8.48. The topological polar surface area (TPSA) is 12.0 Å². The van der Waals surface area contributed by atoms with Crippen molar-refractivity contribution >= 4 is 11.3 Å². The molecule has 0 bridgehead atoms. The Morgan fingerprint density at radius 2 is 2.00 bits per heavy atom. The Balaban J connectivity index is 1.96. The molecule has 0 amide bonds. The van der Waals surface area contributed by atoms with Crippen LogP contribution in [0, 0.1) is 12.8 Å². The van der Waals surface area contributed by atoms with Gasteiger partial charge in [-0.15, -0.1) is 0 Å². The lowest BCUT2D eigenvalue weighted by Gasteiger charge is -2.33. The molecule has 0 aromatic carbocycles. The highest BCUT2D eigenvalue weighted by atomic mass is 32.1. The molecule has 0 aliphatic heterocycles. The van der Waals surface area contributed by atoms with Crippen LogP contribution >= 0.6 is 11.3 Å². The third-order valence-corrected chi connectivity index (χ3v) is 4.61. The molecule has 18 heavy (non-hydrogen) atoms. The van der Waals surface area contributed by atoms with Crippen LogP contribution in [-0.4, -0.2) is 12.2 Å². The van der Waals surface area contributed by atoms with Crippen LogP contribution in [0.5, 0.6) is 0 Å². The van der Waals surface area contributed by atoms with Crippen LogP contribution in [0.3, 0.4) is 0 Å². The molecule has 1 heterocycles. The van der Waals surface area contributed by atoms with Gasteiger partial charge in [0.2, 0.25) is 0 Å². The quantitative estimate of drug-likeness (QED) is 0.870. The molecular formula is C13H18F3NS. The first-order valence-corrected chi connectivity index (χ1v) is 7.24. The standard InChI is InChI=1S/C13H18F3NS/c1-9-7-18-8-10(9)6-17-12-5-3-2-4-11(12)13(14,15)16/h7-8,11-12,17H,2-6H2,1H3. The van der Waals surface area contributed by atoms with Crippen molar-refractivity contribution in [3.8, 4) is 0 Å². The van der Waals surface area contributed by atoms with Crippen molar-refractivity contribution in [2.75, 3.05) is 0 Å². The van der Waals surface area contributed by atoms with Gasteiger partial charge in [-0.05, 0) is 41.7 Å². The van der Waals surface area contributed by atoms with Crippen molar-refractivity contribution in [1.82, 2.24) is 5.32 Å². The Morgan fingerprint density at radius 3 is 2.61 bits per heavy atom. The molecule has 1 aromatic heterocycles. The van der Waals surface area contributed by atoms with E-state index in [0.717, 1.165) is 17.5 Å². The van der Waals surface area contributed by atoms with Gasteiger partial charge in [0.25, 0.3) is 0 Å². The molecule has 1 aliphatic carbocycles. The van der Waals surface area contributed by atoms with Gasteiger partial charge in [0.15, 0.2) is 0 Å². The van der Waals surface area contributed by atoms with Crippen LogP contribution < -0.4 is 5.32 Å². The maximum Gasteiger partial charge on any atom is 0.393 e. The highest BCUT2D eigenvalue weighted by Crippen LogP contribution is 2.37. The van der Waals surface area contributed by atoms with E-state index in [1.165, 1.54) is 0 Å². The minimum Gasteiger partial charge on any atom is -0.309 e. The predicted octanol–water partition coefficient (Wildman–Crippen LogP) is 4.27. The number of nitrogens with one attached hydrogen (secondary N) is 1. The summed E-state index contributed by atoms with van der Waals surface area (Å²) in [6.07, 6.45) is -1.58. The maximum absolute atomic E-state index is 12.9. The highest BCUT2D eigenvalue weighted by molar-refractivity contribution is 7.08. The van der Waals surface area contributed by atoms with E-state index >= 15 is 0 Å². The van der Waals surface area contributed by atoms with E-state index in [1.807, 2.05) is 17.7 Å². The number of rotatable bonds is 3. The Kier molecular flexibility index (Phi) is 4.33. The Hall–Kier alpha value is -0.550. The van der Waals surface area contributed by atoms with Crippen LogP contribution in [0.4, 0.5) is 13.2 Å². The average Bonchev–Trinajstić information content (AvgIpc) is 2.71. The fraction of sp³-hybridized carbons (Fsp3) is 0.692. The molecule has 1 aromatic rings. The second-order valence-corrected chi connectivity index (χ2v) is 5.74. The van der Waals surface area contributed by atoms with Gasteiger partial charge in [-0.2, -0.15) is 24.5 Å². The molecule has 0 saturated heterocycles. The number of hydrogen-bond acceptors (Lipinski definition) is 2. The summed E-state index contributed by atoms with van der Waals surface area (Å²) in [5.74, 6) is -1.18. The lowest BCUT2D eigenvalue weighted by atomic mass is 9.84. The summed E-state index contributed by atoms with van der Waals surface area (Å²) >= 11 is 1.60. The molecule has 5 heteroatoms. The third kappa shape index (κ3) is 3.26. The van der Waals surface area contributed by atoms with Gasteiger partial charge in [0, 0.05) is 12.6 Å². The lowest BCUT2D eigenvalue weighted by Crippen LogP contribution is -2.45. The van der Waals surface area contributed by atoms with E-state index in [1.54, 1.807) is 11.3 Å². The van der Waals surface area contributed by atoms with E-state index in [0.29, 0.717) is 19.4 Å². The second kappa shape index (κ2) is 5.61. The molecule has 2 atom stereocenters. The smallest absolute Gasteiger partial charge is 0.309 e. The zero-order valence-electron chi connectivity index (χ0n) is 10.4. The van der Waals surface area contributed by atoms with Gasteiger partial charge in [-0.1, -0.05) is 12.8 Å². The predicted molar refractivity (Wildman–Crippen MR) is 67.7 cm³/mol. The Labute approximate surface area is 109 Å². The molecule has 1 N–H and O–H groups in total. The van der Waals surface area contributed by atoms with Gasteiger partial charge in [0.1, 0.15) is 0 Å². The van der Waals surface area contributed by atoms with Gasteiger partial charge in [-0.25, -0.2) is 0 Å². The van der Waals surface area contributed by atoms with Crippen LogP contribution in [0.2, 0.25) is 0 Å². The van der Waals surface area contributed by atoms with E-state index in [4.69, 9.17) is 0 Å². The minimum absolute atomic E-state index is 0.268.